The summed E-state index contributed by atoms with van der Waals surface area (Å²) in [6, 6.07) is 48.2. The topological polar surface area (TPSA) is 223 Å². The number of piperazine rings is 3. The number of hydrogen-bond acceptors (Lipinski definition) is 18. The van der Waals surface area contributed by atoms with Crippen molar-refractivity contribution in [1.29, 1.82) is 0 Å². The van der Waals surface area contributed by atoms with Crippen LogP contribution in [-0.4, -0.2) is 233 Å². The summed E-state index contributed by atoms with van der Waals surface area (Å²) in [4.78, 5) is 71.0. The highest BCUT2D eigenvalue weighted by atomic mass is 19.2. The monoisotopic (exact) mass is 1800 g/mol. The zero-order valence-corrected chi connectivity index (χ0v) is 80.2. The maximum Gasteiger partial charge on any atom is 0.136 e. The summed E-state index contributed by atoms with van der Waals surface area (Å²) in [5.41, 5.74) is 26.2. The second-order valence-corrected chi connectivity index (χ2v) is 42.1. The highest BCUT2D eigenvalue weighted by Gasteiger charge is 2.46. The van der Waals surface area contributed by atoms with Crippen LogP contribution in [0.15, 0.2) is 146 Å². The number of Topliss-reactive ketones (excluding diaryl/α,β-unsaturated/α-hetero) is 3. The number of aryl methyl sites for hydroxylation is 3. The summed E-state index contributed by atoms with van der Waals surface area (Å²) in [5.74, 6) is 1.68. The second kappa shape index (κ2) is 50.5. The van der Waals surface area contributed by atoms with E-state index in [0.29, 0.717) is 162 Å². The zero-order chi connectivity index (χ0) is 91.4. The molecule has 18 nitrogen and oxygen atoms in total. The number of alkyl halides is 3. The quantitative estimate of drug-likeness (QED) is 0.0196. The van der Waals surface area contributed by atoms with Crippen LogP contribution in [0.1, 0.15) is 313 Å². The fourth-order valence-electron chi connectivity index (χ4n) is 24.3. The van der Waals surface area contributed by atoms with Crippen molar-refractivity contribution in [3.63, 3.8) is 0 Å². The third-order valence-corrected chi connectivity index (χ3v) is 32.2. The van der Waals surface area contributed by atoms with Crippen molar-refractivity contribution in [2.75, 3.05) is 124 Å². The Balaban J connectivity index is 0.000000158. The van der Waals surface area contributed by atoms with Crippen molar-refractivity contribution in [1.82, 2.24) is 60.3 Å². The van der Waals surface area contributed by atoms with Gasteiger partial charge >= 0.3 is 0 Å². The first kappa shape index (κ1) is 100. The van der Waals surface area contributed by atoms with Gasteiger partial charge in [0.1, 0.15) is 34.4 Å². The van der Waals surface area contributed by atoms with Gasteiger partial charge in [0, 0.05) is 151 Å². The molecule has 3 aromatic carbocycles. The summed E-state index contributed by atoms with van der Waals surface area (Å²) in [7, 11) is 0. The summed E-state index contributed by atoms with van der Waals surface area (Å²) in [5, 5.41) is 11.6. The fraction of sp³-hybridized carbons (Fsp3) is 0.673. The fourth-order valence-corrected chi connectivity index (χ4v) is 24.3. The van der Waals surface area contributed by atoms with Gasteiger partial charge in [-0.15, -0.1) is 0 Å². The number of fused-ring (bicyclic) bond motifs is 5. The van der Waals surface area contributed by atoms with E-state index < -0.39 is 17.0 Å². The van der Waals surface area contributed by atoms with Crippen LogP contribution in [0, 0.1) is 17.8 Å². The molecule has 718 valence electrons. The third kappa shape index (κ3) is 29.5. The summed E-state index contributed by atoms with van der Waals surface area (Å²) < 4.78 is 43.2. The molecule has 9 N–H and O–H groups in total. The van der Waals surface area contributed by atoms with Crippen LogP contribution < -0.4 is 33.2 Å². The molecule has 131 heavy (non-hydrogen) atoms. The molecule has 4 aliphatic heterocycles. The number of nitrogens with two attached hydrogens (primary N) is 3. The molecule has 21 heteroatoms. The average molecular weight is 1800 g/mol. The second-order valence-electron chi connectivity index (χ2n) is 42.1. The minimum absolute atomic E-state index is 0.0169. The van der Waals surface area contributed by atoms with Gasteiger partial charge in [-0.1, -0.05) is 109 Å². The van der Waals surface area contributed by atoms with E-state index >= 15 is 0 Å². The molecular weight excluding hydrogens is 1640 g/mol. The van der Waals surface area contributed by atoms with E-state index in [1.807, 2.05) is 30.7 Å². The predicted octanol–water partition coefficient (Wildman–Crippen LogP) is 18.0. The van der Waals surface area contributed by atoms with Crippen molar-refractivity contribution >= 4 is 17.3 Å². The Kier molecular flexibility index (Phi) is 38.7. The maximum absolute atomic E-state index is 14.5. The predicted molar refractivity (Wildman–Crippen MR) is 526 cm³/mol. The van der Waals surface area contributed by atoms with Crippen LogP contribution in [-0.2, 0) is 33.6 Å². The van der Waals surface area contributed by atoms with E-state index in [9.17, 15) is 27.6 Å². The molecule has 3 saturated carbocycles. The number of nitrogens with zero attached hydrogens (tertiary/aromatic N) is 9. The van der Waals surface area contributed by atoms with Gasteiger partial charge in [0.15, 0.2) is 0 Å². The third-order valence-electron chi connectivity index (χ3n) is 32.2. The molecule has 7 heterocycles. The van der Waals surface area contributed by atoms with Gasteiger partial charge in [-0.05, 0) is 354 Å². The molecule has 2 bridgehead atoms. The lowest BCUT2D eigenvalue weighted by molar-refractivity contribution is -0.126. The first-order chi connectivity index (χ1) is 63.7. The lowest BCUT2D eigenvalue weighted by atomic mass is 9.76. The van der Waals surface area contributed by atoms with Gasteiger partial charge in [0.2, 0.25) is 0 Å². The minimum Gasteiger partial charge on any atom is -0.330 e. The molecule has 3 aromatic heterocycles. The number of carbonyl (C=O) groups excluding carboxylic acids is 3. The molecule has 6 aliphatic carbocycles. The largest absolute Gasteiger partial charge is 0.330 e. The van der Waals surface area contributed by atoms with Crippen molar-refractivity contribution in [2.45, 2.75) is 329 Å². The normalized spacial score (nSPS) is 28.4. The van der Waals surface area contributed by atoms with E-state index in [-0.39, 0.29) is 35.5 Å². The van der Waals surface area contributed by atoms with Crippen LogP contribution in [0.2, 0.25) is 0 Å². The standard InChI is InChI=1S/C38H56FN5O.2C36H54FN5O/c1-38(39)19-16-29(17-20-38)36(45)25-31(28-9-3-2-4-10-28)18-24-44-32-14-15-34(44)33(42-26-32)27-43(23-6-5-21-40)35-13-7-11-30-12-8-22-41-37(30)35;2*1-36(37)17-14-29(15-18-36)34(43)25-31(28-9-3-2-4-10-28)16-23-41-24-21-39-32(26-41)27-42(22-6-5-19-38)33-13-7-11-30-12-8-20-40-35(30)33/h2-4,8-10,12,22,29,31-35,42H,5-7,11,13-21,23-27,40H2,1H3;2*2-4,8-10,12,20,29,31-33,39H,5-7,11,13-19,21-27,38H2,1H3/t29?,31-,32+,33+,34-,35?,38?;29?,31-,32+,33-,36?;29?,31-,32-,33-,36?/m100/s1. The Morgan fingerprint density at radius 2 is 0.763 bits per heavy atom. The van der Waals surface area contributed by atoms with E-state index in [4.69, 9.17) is 32.2 Å². The Morgan fingerprint density at radius 1 is 0.420 bits per heavy atom. The average Bonchev–Trinajstić information content (AvgIpc) is 1.68. The number of benzene rings is 3. The van der Waals surface area contributed by atoms with Gasteiger partial charge in [-0.2, -0.15) is 0 Å². The summed E-state index contributed by atoms with van der Waals surface area (Å²) >= 11 is 0. The highest BCUT2D eigenvalue weighted by molar-refractivity contribution is 5.83. The van der Waals surface area contributed by atoms with E-state index in [1.54, 1.807) is 20.8 Å². The summed E-state index contributed by atoms with van der Waals surface area (Å²) in [6.45, 7) is 23.6. The molecule has 1 unspecified atom stereocenters. The first-order valence-electron chi connectivity index (χ1n) is 52.1. The number of ketones is 3. The number of aromatic nitrogens is 3. The van der Waals surface area contributed by atoms with Crippen LogP contribution in [0.5, 0.6) is 0 Å². The maximum atomic E-state index is 14.5. The molecule has 0 amide bonds. The molecule has 0 spiro atoms. The molecule has 7 fully saturated rings. The van der Waals surface area contributed by atoms with E-state index in [2.05, 4.69) is 161 Å². The van der Waals surface area contributed by atoms with Crippen LogP contribution in [0.4, 0.5) is 13.2 Å². The molecule has 4 saturated heterocycles. The molecule has 10 aliphatic rings. The molecule has 11 atom stereocenters. The Labute approximate surface area is 785 Å². The number of unbranched alkanes of at least 4 members (excludes halogenated alkanes) is 3. The van der Waals surface area contributed by atoms with Crippen LogP contribution in [0.25, 0.3) is 0 Å². The molecule has 16 rings (SSSR count). The number of hydrogen-bond donors (Lipinski definition) is 6. The SMILES string of the molecule is CC1(F)CCC(C(=O)C[C@@H](CCN2[C@H]3CC[C@@H]2[C@H](CN(CCCCN)C2CCCc4cccnc42)NC3)c2ccccc2)CC1.CC1(F)CCC(C(=O)C[C@H](CCN2CCN[C@@H](CN(CCCCN)[C@H]3CCCc4cccnc43)C2)c2ccccc2)CC1.CC1(F)CCC(C(=O)C[C@H](CCN2CCN[C@H](CN(CCCCN)[C@H]3CCCc4cccnc43)C2)c2ccccc2)CC1. The lowest BCUT2D eigenvalue weighted by Crippen LogP contribution is -2.61. The minimum atomic E-state index is -1.11. The van der Waals surface area contributed by atoms with Crippen molar-refractivity contribution < 1.29 is 27.6 Å². The number of halogens is 3. The number of nitrogens with one attached hydrogen (secondary N) is 3. The lowest BCUT2D eigenvalue weighted by Gasteiger charge is -2.45. The van der Waals surface area contributed by atoms with Crippen molar-refractivity contribution in [3.8, 4) is 0 Å². The number of pyridine rings is 3. The van der Waals surface area contributed by atoms with Gasteiger partial charge < -0.3 is 43.0 Å². The van der Waals surface area contributed by atoms with Crippen LogP contribution in [0.3, 0.4) is 0 Å². The zero-order valence-electron chi connectivity index (χ0n) is 80.2. The van der Waals surface area contributed by atoms with Crippen molar-refractivity contribution in [2.24, 2.45) is 35.0 Å². The van der Waals surface area contributed by atoms with Crippen molar-refractivity contribution in [3.05, 3.63) is 196 Å². The molecule has 0 radical (unpaired) electrons. The Morgan fingerprint density at radius 3 is 1.11 bits per heavy atom. The Bertz CT molecular complexity index is 4190. The molecular formula is C110H164F3N15O3. The molecule has 6 aromatic rings. The van der Waals surface area contributed by atoms with Gasteiger partial charge in [-0.25, -0.2) is 13.2 Å². The van der Waals surface area contributed by atoms with Gasteiger partial charge in [0.05, 0.1) is 35.2 Å². The van der Waals surface area contributed by atoms with Gasteiger partial charge in [-0.3, -0.25) is 48.9 Å². The van der Waals surface area contributed by atoms with E-state index in [1.165, 1.54) is 102 Å². The van der Waals surface area contributed by atoms with E-state index in [0.717, 1.165) is 201 Å². The number of rotatable bonds is 42. The Hall–Kier alpha value is -6.57. The van der Waals surface area contributed by atoms with Crippen LogP contribution >= 0.6 is 0 Å². The summed E-state index contributed by atoms with van der Waals surface area (Å²) in [6.07, 6.45) is 37.3. The first-order valence-corrected chi connectivity index (χ1v) is 52.1. The van der Waals surface area contributed by atoms with Gasteiger partial charge in [0.25, 0.3) is 0 Å². The smallest absolute Gasteiger partial charge is 0.136 e. The number of carbonyl (C=O) groups is 3. The highest BCUT2D eigenvalue weighted by Crippen LogP contribution is 2.44.